The summed E-state index contributed by atoms with van der Waals surface area (Å²) < 4.78 is 0. The maximum atomic E-state index is 10.7. The Morgan fingerprint density at radius 3 is 2.47 bits per heavy atom. The topological polar surface area (TPSA) is 78.8 Å². The van der Waals surface area contributed by atoms with Crippen molar-refractivity contribution < 1.29 is 27.6 Å². The molecule has 0 atom stereocenters. The number of benzene rings is 3. The fraction of sp³-hybridized carbons (Fsp3) is 0.167. The van der Waals surface area contributed by atoms with Gasteiger partial charge < -0.3 is 28.1 Å². The molecule has 4 rings (SSSR count). The third-order valence-corrected chi connectivity index (χ3v) is 5.12. The van der Waals surface area contributed by atoms with Gasteiger partial charge in [0.1, 0.15) is 5.69 Å². The Kier molecular flexibility index (Phi) is 6.87. The lowest BCUT2D eigenvalue weighted by Gasteiger charge is -2.14. The van der Waals surface area contributed by atoms with Gasteiger partial charge in [0.2, 0.25) is 0 Å². The molecular formula is C24H24ClN3O2. The van der Waals surface area contributed by atoms with Crippen molar-refractivity contribution >= 4 is 44.8 Å². The van der Waals surface area contributed by atoms with Gasteiger partial charge in [-0.1, -0.05) is 30.3 Å². The van der Waals surface area contributed by atoms with E-state index in [2.05, 4.69) is 47.0 Å². The molecule has 1 aromatic heterocycles. The molecule has 30 heavy (non-hydrogen) atoms. The van der Waals surface area contributed by atoms with E-state index in [1.165, 1.54) is 0 Å². The lowest BCUT2D eigenvalue weighted by Crippen LogP contribution is -3.00. The Bertz CT molecular complexity index is 1180. The molecule has 154 valence electrons. The largest absolute Gasteiger partial charge is 1.00 e. The van der Waals surface area contributed by atoms with Gasteiger partial charge in [0, 0.05) is 28.9 Å². The van der Waals surface area contributed by atoms with Crippen LogP contribution in [0.4, 0.5) is 17.1 Å². The molecule has 0 saturated heterocycles. The van der Waals surface area contributed by atoms with Gasteiger partial charge in [0.15, 0.2) is 0 Å². The summed E-state index contributed by atoms with van der Waals surface area (Å²) in [5, 5.41) is 16.6. The van der Waals surface area contributed by atoms with Crippen LogP contribution in [0.1, 0.15) is 18.4 Å². The van der Waals surface area contributed by atoms with E-state index in [1.807, 2.05) is 37.4 Å². The first-order valence-corrected chi connectivity index (χ1v) is 9.83. The zero-order valence-corrected chi connectivity index (χ0v) is 17.5. The molecule has 0 aliphatic carbocycles. The number of fused-ring (bicyclic) bond motifs is 2. The molecular weight excluding hydrogens is 398 g/mol. The number of carbonyl (C=O) groups is 1. The Balaban J connectivity index is 0.00000256. The number of aryl methyl sites for hydroxylation is 1. The van der Waals surface area contributed by atoms with Crippen LogP contribution in [0, 0.1) is 0 Å². The molecule has 4 N–H and O–H groups in total. The van der Waals surface area contributed by atoms with Crippen LogP contribution in [0.15, 0.2) is 66.7 Å². The molecule has 0 fully saturated rings. The summed E-state index contributed by atoms with van der Waals surface area (Å²) in [4.78, 5) is 15.5. The minimum absolute atomic E-state index is 0. The van der Waals surface area contributed by atoms with Gasteiger partial charge >= 0.3 is 5.97 Å². The Morgan fingerprint density at radius 2 is 1.73 bits per heavy atom. The average Bonchev–Trinajstić information content (AvgIpc) is 2.74. The third kappa shape index (κ3) is 4.70. The first-order chi connectivity index (χ1) is 14.1. The van der Waals surface area contributed by atoms with Gasteiger partial charge in [-0.05, 0) is 48.7 Å². The van der Waals surface area contributed by atoms with E-state index in [1.54, 1.807) is 0 Å². The predicted molar refractivity (Wildman–Crippen MR) is 117 cm³/mol. The van der Waals surface area contributed by atoms with E-state index in [0.717, 1.165) is 50.9 Å². The summed E-state index contributed by atoms with van der Waals surface area (Å²) in [5.74, 6) is -0.747. The molecule has 0 bridgehead atoms. The molecule has 0 saturated carbocycles. The highest BCUT2D eigenvalue weighted by Crippen LogP contribution is 2.33. The van der Waals surface area contributed by atoms with Crippen molar-refractivity contribution in [2.45, 2.75) is 19.3 Å². The summed E-state index contributed by atoms with van der Waals surface area (Å²) in [6.45, 7) is 0. The molecule has 6 heteroatoms. The average molecular weight is 422 g/mol. The molecule has 0 aliphatic rings. The smallest absolute Gasteiger partial charge is 0.303 e. The number of anilines is 2. The molecule has 5 nitrogen and oxygen atoms in total. The zero-order valence-electron chi connectivity index (χ0n) is 16.7. The van der Waals surface area contributed by atoms with Crippen LogP contribution in [0.25, 0.3) is 21.8 Å². The van der Waals surface area contributed by atoms with E-state index in [4.69, 9.17) is 10.1 Å². The number of para-hydroxylation sites is 1. The highest BCUT2D eigenvalue weighted by molar-refractivity contribution is 6.09. The number of hydrogen-bond acceptors (Lipinski definition) is 3. The number of carboxylic acid groups (broad SMARTS) is 1. The second-order valence-electron chi connectivity index (χ2n) is 7.14. The number of nitrogens with one attached hydrogen (secondary N) is 1. The van der Waals surface area contributed by atoms with Gasteiger partial charge in [0.05, 0.1) is 23.8 Å². The number of hydrogen-bond donors (Lipinski definition) is 3. The number of nitrogens with two attached hydrogens (primary N) is 1. The van der Waals surface area contributed by atoms with E-state index in [0.29, 0.717) is 6.42 Å². The number of aromatic nitrogens is 1. The Labute approximate surface area is 181 Å². The van der Waals surface area contributed by atoms with Crippen molar-refractivity contribution in [2.75, 3.05) is 12.4 Å². The normalized spacial score (nSPS) is 10.7. The second kappa shape index (κ2) is 9.57. The molecule has 4 aromatic rings. The molecule has 0 aliphatic heterocycles. The monoisotopic (exact) mass is 421 g/mol. The second-order valence-corrected chi connectivity index (χ2v) is 7.14. The van der Waals surface area contributed by atoms with Crippen molar-refractivity contribution in [3.05, 3.63) is 72.3 Å². The maximum absolute atomic E-state index is 10.7. The first-order valence-electron chi connectivity index (χ1n) is 9.83. The van der Waals surface area contributed by atoms with E-state index in [-0.39, 0.29) is 18.8 Å². The van der Waals surface area contributed by atoms with Crippen LogP contribution in [-0.4, -0.2) is 23.1 Å². The Hall–Kier alpha value is -3.15. The van der Waals surface area contributed by atoms with E-state index in [9.17, 15) is 4.79 Å². The van der Waals surface area contributed by atoms with Crippen LogP contribution >= 0.6 is 0 Å². The van der Waals surface area contributed by atoms with Crippen LogP contribution in [0.5, 0.6) is 0 Å². The summed E-state index contributed by atoms with van der Waals surface area (Å²) >= 11 is 0. The van der Waals surface area contributed by atoms with Crippen molar-refractivity contribution in [1.82, 2.24) is 4.98 Å². The predicted octanol–water partition coefficient (Wildman–Crippen LogP) is 1.37. The van der Waals surface area contributed by atoms with Crippen molar-refractivity contribution in [1.29, 1.82) is 0 Å². The molecule has 0 radical (unpaired) electrons. The summed E-state index contributed by atoms with van der Waals surface area (Å²) in [6, 6.07) is 22.7. The lowest BCUT2D eigenvalue weighted by molar-refractivity contribution is -0.539. The van der Waals surface area contributed by atoms with Gasteiger partial charge in [-0.25, -0.2) is 4.98 Å². The number of nitrogens with zero attached hydrogens (tertiary/aromatic N) is 1. The highest BCUT2D eigenvalue weighted by Gasteiger charge is 2.11. The summed E-state index contributed by atoms with van der Waals surface area (Å²) in [7, 11) is 2.03. The fourth-order valence-electron chi connectivity index (χ4n) is 3.57. The maximum Gasteiger partial charge on any atom is 0.303 e. The SMILES string of the molecule is C[NH2+]c1ccc2c(Nc3ccc(CCCC(=O)O)cc3)c3ccccc3nc2c1.[Cl-]. The molecule has 0 amide bonds. The number of pyridine rings is 1. The zero-order chi connectivity index (χ0) is 20.2. The van der Waals surface area contributed by atoms with E-state index < -0.39 is 5.97 Å². The molecule has 0 unspecified atom stereocenters. The molecule has 3 aromatic carbocycles. The minimum atomic E-state index is -0.747. The molecule has 0 spiro atoms. The number of rotatable bonds is 7. The van der Waals surface area contributed by atoms with Crippen LogP contribution < -0.4 is 23.0 Å². The minimum Gasteiger partial charge on any atom is -1.00 e. The van der Waals surface area contributed by atoms with Gasteiger partial charge in [-0.2, -0.15) is 0 Å². The van der Waals surface area contributed by atoms with Gasteiger partial charge in [0.25, 0.3) is 0 Å². The van der Waals surface area contributed by atoms with Crippen molar-refractivity contribution in [3.8, 4) is 0 Å². The highest BCUT2D eigenvalue weighted by atomic mass is 35.5. The fourth-order valence-corrected chi connectivity index (χ4v) is 3.57. The van der Waals surface area contributed by atoms with Gasteiger partial charge in [-0.3, -0.25) is 4.79 Å². The van der Waals surface area contributed by atoms with Gasteiger partial charge in [-0.15, -0.1) is 0 Å². The number of halogens is 1. The quantitative estimate of drug-likeness (QED) is 0.311. The number of quaternary nitrogens is 1. The van der Waals surface area contributed by atoms with Crippen molar-refractivity contribution in [3.63, 3.8) is 0 Å². The molecule has 1 heterocycles. The number of aliphatic carboxylic acids is 1. The van der Waals surface area contributed by atoms with Crippen molar-refractivity contribution in [2.24, 2.45) is 0 Å². The van der Waals surface area contributed by atoms with Crippen LogP contribution in [0.2, 0.25) is 0 Å². The van der Waals surface area contributed by atoms with Crippen LogP contribution in [0.3, 0.4) is 0 Å². The summed E-state index contributed by atoms with van der Waals surface area (Å²) in [6.07, 6.45) is 1.62. The van der Waals surface area contributed by atoms with E-state index >= 15 is 0 Å². The first kappa shape index (κ1) is 21.6. The summed E-state index contributed by atoms with van der Waals surface area (Å²) in [5.41, 5.74) is 6.26. The Morgan fingerprint density at radius 1 is 1.00 bits per heavy atom. The third-order valence-electron chi connectivity index (χ3n) is 5.12. The lowest BCUT2D eigenvalue weighted by atomic mass is 10.1. The standard InChI is InChI=1S/C24H23N3O2.ClH/c1-25-18-13-14-20-22(15-18)27-21-7-3-2-6-19(21)24(20)26-17-11-9-16(10-12-17)5-4-8-23(28)29;/h2-3,6-7,9-15,25H,4-5,8H2,1H3,(H,26,27)(H,28,29);1H. The van der Waals surface area contributed by atoms with Crippen LogP contribution in [-0.2, 0) is 11.2 Å². The number of carboxylic acids is 1.